The summed E-state index contributed by atoms with van der Waals surface area (Å²) in [6.07, 6.45) is 3.35. The Balaban J connectivity index is 2.20. The Kier molecular flexibility index (Phi) is 2.73. The third kappa shape index (κ3) is 1.68. The third-order valence-corrected chi connectivity index (χ3v) is 3.99. The molecule has 1 fully saturated rings. The van der Waals surface area contributed by atoms with Crippen LogP contribution in [0.3, 0.4) is 0 Å². The van der Waals surface area contributed by atoms with Gasteiger partial charge in [-0.25, -0.2) is 0 Å². The highest BCUT2D eigenvalue weighted by Gasteiger charge is 2.44. The highest BCUT2D eigenvalue weighted by molar-refractivity contribution is 5.70. The second-order valence-electron chi connectivity index (χ2n) is 5.07. The lowest BCUT2D eigenvalue weighted by atomic mass is 9.82. The van der Waals surface area contributed by atoms with Crippen LogP contribution < -0.4 is 4.74 Å². The summed E-state index contributed by atoms with van der Waals surface area (Å²) in [5, 5.41) is 32.1. The Morgan fingerprint density at radius 2 is 1.90 bits per heavy atom. The van der Waals surface area contributed by atoms with Crippen LogP contribution in [0.15, 0.2) is 6.07 Å². The molecule has 106 valence electrons. The van der Waals surface area contributed by atoms with E-state index in [0.29, 0.717) is 5.56 Å². The van der Waals surface area contributed by atoms with E-state index in [1.807, 2.05) is 0 Å². The fourth-order valence-electron chi connectivity index (χ4n) is 3.14. The molecular weight excluding hydrogens is 268 g/mol. The van der Waals surface area contributed by atoms with Gasteiger partial charge in [0.2, 0.25) is 5.75 Å². The van der Waals surface area contributed by atoms with Gasteiger partial charge in [-0.3, -0.25) is 20.2 Å². The topological polar surface area (TPSA) is 116 Å². The van der Waals surface area contributed by atoms with Crippen molar-refractivity contribution in [2.45, 2.75) is 37.7 Å². The minimum absolute atomic E-state index is 0.113. The summed E-state index contributed by atoms with van der Waals surface area (Å²) in [5.74, 6) is -0.524. The highest BCUT2D eigenvalue weighted by atomic mass is 16.6. The predicted molar refractivity (Wildman–Crippen MR) is 67.0 cm³/mol. The first-order valence-corrected chi connectivity index (χ1v) is 6.36. The second kappa shape index (κ2) is 4.32. The molecule has 3 rings (SSSR count). The number of benzene rings is 1. The number of hydrogen-bond donors (Lipinski definition) is 1. The van der Waals surface area contributed by atoms with Gasteiger partial charge >= 0.3 is 11.4 Å². The minimum atomic E-state index is -0.913. The van der Waals surface area contributed by atoms with Crippen molar-refractivity contribution in [3.05, 3.63) is 31.9 Å². The molecule has 0 amide bonds. The van der Waals surface area contributed by atoms with Crippen molar-refractivity contribution < 1.29 is 19.7 Å². The van der Waals surface area contributed by atoms with E-state index in [0.717, 1.165) is 31.7 Å². The van der Waals surface area contributed by atoms with Crippen LogP contribution in [0.2, 0.25) is 0 Å². The zero-order valence-corrected chi connectivity index (χ0v) is 10.4. The van der Waals surface area contributed by atoms with Gasteiger partial charge in [0.25, 0.3) is 0 Å². The molecule has 1 saturated carbocycles. The number of aromatic hydroxyl groups is 1. The summed E-state index contributed by atoms with van der Waals surface area (Å²) in [4.78, 5) is 20.2. The van der Waals surface area contributed by atoms with Crippen LogP contribution in [0, 0.1) is 20.2 Å². The fraction of sp³-hybridized carbons (Fsp3) is 0.500. The molecule has 1 aliphatic heterocycles. The Bertz CT molecular complexity index is 614. The van der Waals surface area contributed by atoms with Gasteiger partial charge in [0, 0.05) is 5.92 Å². The summed E-state index contributed by atoms with van der Waals surface area (Å²) in [7, 11) is 0. The van der Waals surface area contributed by atoms with E-state index in [9.17, 15) is 25.3 Å². The number of phenolic OH excluding ortho intramolecular Hbond substituents is 1. The van der Waals surface area contributed by atoms with Crippen molar-refractivity contribution in [3.63, 3.8) is 0 Å². The van der Waals surface area contributed by atoms with Gasteiger partial charge in [0.1, 0.15) is 11.9 Å². The van der Waals surface area contributed by atoms with Crippen LogP contribution in [0.1, 0.15) is 37.2 Å². The minimum Gasteiger partial charge on any atom is -0.502 e. The monoisotopic (exact) mass is 280 g/mol. The van der Waals surface area contributed by atoms with E-state index in [1.54, 1.807) is 0 Å². The molecule has 0 spiro atoms. The van der Waals surface area contributed by atoms with Gasteiger partial charge in [0.15, 0.2) is 0 Å². The normalized spacial score (nSPS) is 23.6. The summed E-state index contributed by atoms with van der Waals surface area (Å²) in [6.45, 7) is 0. The molecule has 2 aliphatic rings. The molecule has 20 heavy (non-hydrogen) atoms. The summed E-state index contributed by atoms with van der Waals surface area (Å²) < 4.78 is 5.63. The molecule has 2 unspecified atom stereocenters. The average molecular weight is 280 g/mol. The van der Waals surface area contributed by atoms with Gasteiger partial charge in [-0.2, -0.15) is 0 Å². The van der Waals surface area contributed by atoms with Gasteiger partial charge in [-0.1, -0.05) is 6.42 Å². The van der Waals surface area contributed by atoms with Crippen molar-refractivity contribution in [1.29, 1.82) is 0 Å². The molecule has 0 radical (unpaired) electrons. The summed E-state index contributed by atoms with van der Waals surface area (Å²) >= 11 is 0. The van der Waals surface area contributed by atoms with Crippen molar-refractivity contribution in [2.24, 2.45) is 0 Å². The first-order chi connectivity index (χ1) is 9.50. The van der Waals surface area contributed by atoms with Gasteiger partial charge in [0.05, 0.1) is 21.5 Å². The maximum atomic E-state index is 11.0. The molecule has 1 aromatic carbocycles. The number of phenols is 1. The number of hydrogen-bond acceptors (Lipinski definition) is 6. The van der Waals surface area contributed by atoms with Crippen LogP contribution in [-0.2, 0) is 0 Å². The summed E-state index contributed by atoms with van der Waals surface area (Å²) in [6, 6.07) is 1.06. The van der Waals surface area contributed by atoms with E-state index in [1.165, 1.54) is 0 Å². The molecule has 0 bridgehead atoms. The van der Waals surface area contributed by atoms with Gasteiger partial charge in [-0.15, -0.1) is 0 Å². The number of nitro groups is 2. The van der Waals surface area contributed by atoms with E-state index in [4.69, 9.17) is 4.74 Å². The van der Waals surface area contributed by atoms with Crippen molar-refractivity contribution in [1.82, 2.24) is 0 Å². The van der Waals surface area contributed by atoms with E-state index in [2.05, 4.69) is 0 Å². The molecule has 1 aromatic rings. The van der Waals surface area contributed by atoms with Crippen LogP contribution in [0.5, 0.6) is 11.5 Å². The lowest BCUT2D eigenvalue weighted by Crippen LogP contribution is -2.22. The second-order valence-corrected chi connectivity index (χ2v) is 5.07. The van der Waals surface area contributed by atoms with Crippen LogP contribution in [-0.4, -0.2) is 21.1 Å². The summed E-state index contributed by atoms with van der Waals surface area (Å²) in [5.41, 5.74) is -1.22. The smallest absolute Gasteiger partial charge is 0.387 e. The lowest BCUT2D eigenvalue weighted by molar-refractivity contribution is -0.423. The Morgan fingerprint density at radius 3 is 2.55 bits per heavy atom. The van der Waals surface area contributed by atoms with E-state index >= 15 is 0 Å². The lowest BCUT2D eigenvalue weighted by Gasteiger charge is -2.23. The van der Waals surface area contributed by atoms with Crippen LogP contribution in [0.4, 0.5) is 11.4 Å². The fourth-order valence-corrected chi connectivity index (χ4v) is 3.14. The van der Waals surface area contributed by atoms with Crippen LogP contribution >= 0.6 is 0 Å². The number of ether oxygens (including phenoxy) is 1. The zero-order valence-electron chi connectivity index (χ0n) is 10.4. The molecule has 1 N–H and O–H groups in total. The third-order valence-electron chi connectivity index (χ3n) is 3.99. The number of nitrogens with zero attached hydrogens (tertiary/aromatic N) is 2. The number of fused-ring (bicyclic) bond motifs is 3. The quantitative estimate of drug-likeness (QED) is 0.657. The van der Waals surface area contributed by atoms with Crippen molar-refractivity contribution in [2.75, 3.05) is 0 Å². The number of nitro benzene ring substituents is 2. The van der Waals surface area contributed by atoms with Gasteiger partial charge < -0.3 is 9.84 Å². The van der Waals surface area contributed by atoms with Crippen molar-refractivity contribution >= 4 is 11.4 Å². The Labute approximate surface area is 113 Å². The SMILES string of the molecule is O=[N+]([O-])c1cc2c(c(O)c1[N+](=O)[O-])C1CCCCC1O2. The number of rotatable bonds is 2. The molecule has 2 atom stereocenters. The molecule has 1 heterocycles. The first kappa shape index (κ1) is 12.6. The molecule has 8 heteroatoms. The highest BCUT2D eigenvalue weighted by Crippen LogP contribution is 2.54. The molecule has 0 aromatic heterocycles. The molecule has 8 nitrogen and oxygen atoms in total. The molecule has 0 saturated heterocycles. The standard InChI is InChI=1S/C12H12N2O6/c15-12-10-6-3-1-2-4-8(6)20-9(10)5-7(13(16)17)11(12)14(18)19/h5-6,8,15H,1-4H2. The van der Waals surface area contributed by atoms with Crippen molar-refractivity contribution in [3.8, 4) is 11.5 Å². The molecular formula is C12H12N2O6. The van der Waals surface area contributed by atoms with Gasteiger partial charge in [-0.05, 0) is 19.3 Å². The van der Waals surface area contributed by atoms with E-state index in [-0.39, 0.29) is 17.8 Å². The zero-order chi connectivity index (χ0) is 14.4. The Hall–Kier alpha value is -2.38. The average Bonchev–Trinajstić information content (AvgIpc) is 2.76. The maximum Gasteiger partial charge on any atom is 0.387 e. The van der Waals surface area contributed by atoms with Crippen LogP contribution in [0.25, 0.3) is 0 Å². The maximum absolute atomic E-state index is 11.0. The Morgan fingerprint density at radius 1 is 1.20 bits per heavy atom. The molecule has 1 aliphatic carbocycles. The van der Waals surface area contributed by atoms with E-state index < -0.39 is 27.0 Å². The first-order valence-electron chi connectivity index (χ1n) is 6.36. The largest absolute Gasteiger partial charge is 0.502 e. The predicted octanol–water partition coefficient (Wildman–Crippen LogP) is 2.63.